The van der Waals surface area contributed by atoms with Crippen LogP contribution in [0.15, 0.2) is 28.7 Å². The van der Waals surface area contributed by atoms with Crippen molar-refractivity contribution < 1.29 is 28.5 Å². The van der Waals surface area contributed by atoms with E-state index in [1.54, 1.807) is 21.0 Å². The van der Waals surface area contributed by atoms with Crippen LogP contribution in [0.1, 0.15) is 51.0 Å². The monoisotopic (exact) mass is 417 g/mol. The van der Waals surface area contributed by atoms with Crippen molar-refractivity contribution in [1.29, 1.82) is 0 Å². The van der Waals surface area contributed by atoms with E-state index in [2.05, 4.69) is 4.98 Å². The molecule has 2 aromatic rings. The van der Waals surface area contributed by atoms with Crippen molar-refractivity contribution in [3.63, 3.8) is 0 Å². The molecule has 0 unspecified atom stereocenters. The second-order valence-corrected chi connectivity index (χ2v) is 8.35. The molecule has 1 heterocycles. The Labute approximate surface area is 177 Å². The predicted molar refractivity (Wildman–Crippen MR) is 111 cm³/mol. The van der Waals surface area contributed by atoms with Crippen LogP contribution in [0.2, 0.25) is 0 Å². The molecule has 0 bridgehead atoms. The summed E-state index contributed by atoms with van der Waals surface area (Å²) in [5, 5.41) is 9.20. The van der Waals surface area contributed by atoms with Crippen molar-refractivity contribution >= 4 is 5.97 Å². The van der Waals surface area contributed by atoms with Gasteiger partial charge in [0.25, 0.3) is 0 Å². The van der Waals surface area contributed by atoms with Gasteiger partial charge >= 0.3 is 5.97 Å². The minimum absolute atomic E-state index is 0.108. The molecule has 0 amide bonds. The summed E-state index contributed by atoms with van der Waals surface area (Å²) < 4.78 is 22.9. The maximum Gasteiger partial charge on any atom is 0.335 e. The summed E-state index contributed by atoms with van der Waals surface area (Å²) >= 11 is 0. The number of oxazole rings is 1. The Morgan fingerprint density at radius 2 is 2.13 bits per heavy atom. The molecule has 1 saturated carbocycles. The highest BCUT2D eigenvalue weighted by molar-refractivity contribution is 5.76. The topological polar surface area (TPSA) is 91.0 Å². The lowest BCUT2D eigenvalue weighted by atomic mass is 9.87. The predicted octanol–water partition coefficient (Wildman–Crippen LogP) is 4.61. The van der Waals surface area contributed by atoms with E-state index in [9.17, 15) is 9.90 Å². The number of ether oxygens (including phenoxy) is 3. The number of aromatic nitrogens is 1. The van der Waals surface area contributed by atoms with Gasteiger partial charge in [-0.15, -0.1) is 0 Å². The average molecular weight is 418 g/mol. The van der Waals surface area contributed by atoms with Gasteiger partial charge < -0.3 is 23.7 Å². The number of aryl methyl sites for hydroxylation is 1. The van der Waals surface area contributed by atoms with Crippen LogP contribution in [0.3, 0.4) is 0 Å². The van der Waals surface area contributed by atoms with E-state index < -0.39 is 11.6 Å². The Bertz CT molecular complexity index is 859. The fourth-order valence-electron chi connectivity index (χ4n) is 3.57. The number of hydrogen-bond acceptors (Lipinski definition) is 6. The maximum atomic E-state index is 11.2. The van der Waals surface area contributed by atoms with Gasteiger partial charge in [-0.1, -0.05) is 12.5 Å². The van der Waals surface area contributed by atoms with Crippen molar-refractivity contribution in [2.75, 3.05) is 13.7 Å². The second-order valence-electron chi connectivity index (χ2n) is 8.35. The lowest BCUT2D eigenvalue weighted by molar-refractivity contribution is -0.163. The van der Waals surface area contributed by atoms with Gasteiger partial charge in [-0.2, -0.15) is 0 Å². The highest BCUT2D eigenvalue weighted by atomic mass is 16.5. The van der Waals surface area contributed by atoms with Gasteiger partial charge in [0, 0.05) is 5.56 Å². The normalized spacial score (nSPS) is 19.6. The molecule has 0 saturated heterocycles. The molecular weight excluding hydrogens is 386 g/mol. The van der Waals surface area contributed by atoms with Crippen LogP contribution in [-0.4, -0.2) is 41.5 Å². The molecule has 1 N–H and O–H groups in total. The SMILES string of the molecule is COc1cccc(-c2nc(CO[C@@H]3CCC[C@H](COC(C)(C)C(=O)O)C3)c(C)o2)c1. The highest BCUT2D eigenvalue weighted by Gasteiger charge is 2.31. The molecule has 1 fully saturated rings. The molecule has 164 valence electrons. The fraction of sp³-hybridized carbons (Fsp3) is 0.565. The van der Waals surface area contributed by atoms with Gasteiger partial charge in [-0.05, 0) is 64.2 Å². The van der Waals surface area contributed by atoms with Crippen molar-refractivity contribution in [3.05, 3.63) is 35.7 Å². The first-order chi connectivity index (χ1) is 14.3. The molecule has 0 spiro atoms. The largest absolute Gasteiger partial charge is 0.497 e. The van der Waals surface area contributed by atoms with Crippen molar-refractivity contribution in [3.8, 4) is 17.2 Å². The first kappa shape index (κ1) is 22.3. The number of methoxy groups -OCH3 is 1. The van der Waals surface area contributed by atoms with E-state index >= 15 is 0 Å². The molecule has 1 aromatic heterocycles. The third kappa shape index (κ3) is 5.61. The van der Waals surface area contributed by atoms with Crippen LogP contribution in [-0.2, 0) is 20.9 Å². The van der Waals surface area contributed by atoms with Crippen LogP contribution >= 0.6 is 0 Å². The minimum atomic E-state index is -1.16. The van der Waals surface area contributed by atoms with Crippen molar-refractivity contribution in [1.82, 2.24) is 4.98 Å². The van der Waals surface area contributed by atoms with Gasteiger partial charge in [-0.25, -0.2) is 9.78 Å². The minimum Gasteiger partial charge on any atom is -0.497 e. The summed E-state index contributed by atoms with van der Waals surface area (Å²) in [4.78, 5) is 15.8. The zero-order valence-electron chi connectivity index (χ0n) is 18.1. The number of carbonyl (C=O) groups is 1. The summed E-state index contributed by atoms with van der Waals surface area (Å²) in [7, 11) is 1.63. The smallest absolute Gasteiger partial charge is 0.335 e. The second kappa shape index (κ2) is 9.62. The van der Waals surface area contributed by atoms with E-state index in [4.69, 9.17) is 18.6 Å². The van der Waals surface area contributed by atoms with Gasteiger partial charge in [0.1, 0.15) is 17.2 Å². The molecule has 1 aromatic carbocycles. The van der Waals surface area contributed by atoms with E-state index in [-0.39, 0.29) is 6.10 Å². The van der Waals surface area contributed by atoms with Crippen LogP contribution in [0.4, 0.5) is 0 Å². The molecule has 3 rings (SSSR count). The van der Waals surface area contributed by atoms with Gasteiger partial charge in [0.05, 0.1) is 26.4 Å². The maximum absolute atomic E-state index is 11.2. The number of rotatable bonds is 9. The van der Waals surface area contributed by atoms with Crippen LogP contribution in [0, 0.1) is 12.8 Å². The molecule has 1 aliphatic carbocycles. The highest BCUT2D eigenvalue weighted by Crippen LogP contribution is 2.30. The molecule has 7 nitrogen and oxygen atoms in total. The number of carboxylic acid groups (broad SMARTS) is 1. The Balaban J connectivity index is 1.55. The molecule has 0 radical (unpaired) electrons. The van der Waals surface area contributed by atoms with Crippen LogP contribution in [0.25, 0.3) is 11.5 Å². The number of nitrogens with zero attached hydrogens (tertiary/aromatic N) is 1. The summed E-state index contributed by atoms with van der Waals surface area (Å²) in [5.74, 6) is 1.40. The lowest BCUT2D eigenvalue weighted by Gasteiger charge is -2.31. The zero-order valence-corrected chi connectivity index (χ0v) is 18.1. The molecule has 0 aliphatic heterocycles. The molecule has 1 aliphatic rings. The summed E-state index contributed by atoms with van der Waals surface area (Å²) in [6.07, 6.45) is 4.02. The van der Waals surface area contributed by atoms with Gasteiger partial charge in [0.2, 0.25) is 5.89 Å². The first-order valence-electron chi connectivity index (χ1n) is 10.4. The molecule has 7 heteroatoms. The van der Waals surface area contributed by atoms with E-state index in [0.717, 1.165) is 48.5 Å². The van der Waals surface area contributed by atoms with E-state index in [1.165, 1.54) is 0 Å². The van der Waals surface area contributed by atoms with Gasteiger partial charge in [0.15, 0.2) is 5.60 Å². The molecule has 30 heavy (non-hydrogen) atoms. The third-order valence-electron chi connectivity index (χ3n) is 5.59. The van der Waals surface area contributed by atoms with Gasteiger partial charge in [-0.3, -0.25) is 0 Å². The summed E-state index contributed by atoms with van der Waals surface area (Å²) in [6, 6.07) is 7.60. The van der Waals surface area contributed by atoms with Crippen LogP contribution in [0.5, 0.6) is 5.75 Å². The zero-order chi connectivity index (χ0) is 21.7. The van der Waals surface area contributed by atoms with Crippen LogP contribution < -0.4 is 4.74 Å². The third-order valence-corrected chi connectivity index (χ3v) is 5.59. The lowest BCUT2D eigenvalue weighted by Crippen LogP contribution is -2.37. The van der Waals surface area contributed by atoms with E-state index in [0.29, 0.717) is 25.0 Å². The Kier molecular flexibility index (Phi) is 7.15. The number of hydrogen-bond donors (Lipinski definition) is 1. The Morgan fingerprint density at radius 3 is 2.87 bits per heavy atom. The fourth-order valence-corrected chi connectivity index (χ4v) is 3.57. The quantitative estimate of drug-likeness (QED) is 0.637. The Hall–Kier alpha value is -2.38. The van der Waals surface area contributed by atoms with Crippen molar-refractivity contribution in [2.45, 2.75) is 64.8 Å². The molecular formula is C23H31NO6. The number of aliphatic carboxylic acids is 1. The Morgan fingerprint density at radius 1 is 1.33 bits per heavy atom. The number of carboxylic acids is 1. The molecule has 2 atom stereocenters. The summed E-state index contributed by atoms with van der Waals surface area (Å²) in [6.45, 7) is 5.87. The average Bonchev–Trinajstić information content (AvgIpc) is 3.11. The van der Waals surface area contributed by atoms with Crippen molar-refractivity contribution in [2.24, 2.45) is 5.92 Å². The van der Waals surface area contributed by atoms with E-state index in [1.807, 2.05) is 31.2 Å². The number of benzene rings is 1. The summed E-state index contributed by atoms with van der Waals surface area (Å²) in [5.41, 5.74) is 0.486. The first-order valence-corrected chi connectivity index (χ1v) is 10.4. The standard InChI is InChI=1S/C23H31NO6/c1-15-20(24-21(30-15)17-8-6-9-18(12-17)27-4)14-28-19-10-5-7-16(11-19)13-29-23(2,3)22(25)26/h6,8-9,12,16,19H,5,7,10-11,13-14H2,1-4H3,(H,25,26)/t16-,19+/m0/s1.